The highest BCUT2D eigenvalue weighted by molar-refractivity contribution is 5.77. The maximum atomic E-state index is 12.4. The van der Waals surface area contributed by atoms with Gasteiger partial charge < -0.3 is 10.0 Å². The predicted octanol–water partition coefficient (Wildman–Crippen LogP) is 1.47. The number of carbonyl (C=O) groups excluding carboxylic acids is 1. The van der Waals surface area contributed by atoms with Gasteiger partial charge in [-0.25, -0.2) is 0 Å². The lowest BCUT2D eigenvalue weighted by Crippen LogP contribution is -2.46. The lowest BCUT2D eigenvalue weighted by atomic mass is 9.87. The molecule has 1 aromatic heterocycles. The van der Waals surface area contributed by atoms with Crippen LogP contribution in [-0.4, -0.2) is 44.8 Å². The van der Waals surface area contributed by atoms with E-state index in [1.807, 2.05) is 0 Å². The fourth-order valence-electron chi connectivity index (χ4n) is 2.58. The minimum atomic E-state index is -4.54. The van der Waals surface area contributed by atoms with Crippen LogP contribution >= 0.6 is 0 Å². The summed E-state index contributed by atoms with van der Waals surface area (Å²) < 4.78 is 38.3. The van der Waals surface area contributed by atoms with Crippen molar-refractivity contribution in [2.45, 2.75) is 26.1 Å². The largest absolute Gasteiger partial charge is 0.481 e. The van der Waals surface area contributed by atoms with E-state index in [9.17, 15) is 22.8 Å². The van der Waals surface area contributed by atoms with E-state index >= 15 is 0 Å². The molecule has 1 aromatic rings. The molecular formula is C13H16F3N3O3. The summed E-state index contributed by atoms with van der Waals surface area (Å²) >= 11 is 0. The van der Waals surface area contributed by atoms with E-state index in [1.54, 1.807) is 6.92 Å². The molecule has 1 amide bonds. The number of aromatic nitrogens is 2. The smallest absolute Gasteiger partial charge is 0.435 e. The summed E-state index contributed by atoms with van der Waals surface area (Å²) in [6.07, 6.45) is -3.09. The number of carboxylic acid groups (broad SMARTS) is 1. The van der Waals surface area contributed by atoms with Gasteiger partial charge in [0.25, 0.3) is 0 Å². The monoisotopic (exact) mass is 319 g/mol. The molecule has 6 nitrogen and oxygen atoms in total. The first-order valence-corrected chi connectivity index (χ1v) is 6.79. The minimum Gasteiger partial charge on any atom is -0.481 e. The van der Waals surface area contributed by atoms with Gasteiger partial charge in [-0.3, -0.25) is 14.3 Å². The molecule has 9 heteroatoms. The molecule has 0 bridgehead atoms. The second kappa shape index (κ2) is 5.98. The number of hydrogen-bond acceptors (Lipinski definition) is 3. The number of piperidine rings is 1. The molecule has 0 aliphatic carbocycles. The Hall–Kier alpha value is -2.06. The standard InChI is InChI=1S/C13H16F3N3O3/c1-8-6-18(4-2-9(8)12(21)22)11(20)7-19-5-3-10(17-19)13(14,15)16/h3,5,8-9H,2,4,6-7H2,1H3,(H,21,22). The Kier molecular flexibility index (Phi) is 4.43. The number of aliphatic carboxylic acids is 1. The Labute approximate surface area is 124 Å². The van der Waals surface area contributed by atoms with E-state index in [4.69, 9.17) is 5.11 Å². The zero-order chi connectivity index (χ0) is 16.5. The molecule has 2 rings (SSSR count). The fourth-order valence-corrected chi connectivity index (χ4v) is 2.58. The average Bonchev–Trinajstić information content (AvgIpc) is 2.86. The van der Waals surface area contributed by atoms with E-state index in [0.29, 0.717) is 6.42 Å². The number of carbonyl (C=O) groups is 2. The number of rotatable bonds is 3. The van der Waals surface area contributed by atoms with Crippen molar-refractivity contribution < 1.29 is 27.9 Å². The first kappa shape index (κ1) is 16.3. The van der Waals surface area contributed by atoms with Gasteiger partial charge >= 0.3 is 12.1 Å². The van der Waals surface area contributed by atoms with Gasteiger partial charge in [0.05, 0.1) is 5.92 Å². The summed E-state index contributed by atoms with van der Waals surface area (Å²) in [6, 6.07) is 0.812. The summed E-state index contributed by atoms with van der Waals surface area (Å²) in [5.74, 6) is -1.95. The Morgan fingerprint density at radius 3 is 2.64 bits per heavy atom. The molecule has 0 aromatic carbocycles. The van der Waals surface area contributed by atoms with Crippen molar-refractivity contribution in [2.75, 3.05) is 13.1 Å². The van der Waals surface area contributed by atoms with Crippen LogP contribution in [-0.2, 0) is 22.3 Å². The van der Waals surface area contributed by atoms with Crippen molar-refractivity contribution in [1.82, 2.24) is 14.7 Å². The molecule has 0 spiro atoms. The van der Waals surface area contributed by atoms with Crippen molar-refractivity contribution >= 4 is 11.9 Å². The van der Waals surface area contributed by atoms with Crippen LogP contribution in [0, 0.1) is 11.8 Å². The molecule has 122 valence electrons. The van der Waals surface area contributed by atoms with Crippen LogP contribution in [0.2, 0.25) is 0 Å². The average molecular weight is 319 g/mol. The lowest BCUT2D eigenvalue weighted by molar-refractivity contribution is -0.148. The summed E-state index contributed by atoms with van der Waals surface area (Å²) in [4.78, 5) is 24.6. The number of carboxylic acids is 1. The van der Waals surface area contributed by atoms with Crippen LogP contribution in [0.1, 0.15) is 19.0 Å². The molecule has 1 N–H and O–H groups in total. The highest BCUT2D eigenvalue weighted by Gasteiger charge is 2.35. The van der Waals surface area contributed by atoms with Gasteiger partial charge in [0.15, 0.2) is 5.69 Å². The zero-order valence-electron chi connectivity index (χ0n) is 11.9. The SMILES string of the molecule is CC1CN(C(=O)Cn2ccc(C(F)(F)F)n2)CCC1C(=O)O. The Morgan fingerprint density at radius 2 is 2.14 bits per heavy atom. The van der Waals surface area contributed by atoms with Gasteiger partial charge in [-0.2, -0.15) is 18.3 Å². The predicted molar refractivity (Wildman–Crippen MR) is 68.7 cm³/mol. The van der Waals surface area contributed by atoms with Gasteiger partial charge in [-0.1, -0.05) is 6.92 Å². The third kappa shape index (κ3) is 3.58. The van der Waals surface area contributed by atoms with Gasteiger partial charge in [0, 0.05) is 19.3 Å². The van der Waals surface area contributed by atoms with Crippen molar-refractivity contribution in [3.8, 4) is 0 Å². The fraction of sp³-hybridized carbons (Fsp3) is 0.615. The Balaban J connectivity index is 1.96. The number of nitrogens with zero attached hydrogens (tertiary/aromatic N) is 3. The number of hydrogen-bond donors (Lipinski definition) is 1. The lowest BCUT2D eigenvalue weighted by Gasteiger charge is -2.34. The van der Waals surface area contributed by atoms with Crippen LogP contribution < -0.4 is 0 Å². The quantitative estimate of drug-likeness (QED) is 0.915. The first-order valence-electron chi connectivity index (χ1n) is 6.79. The highest BCUT2D eigenvalue weighted by Crippen LogP contribution is 2.27. The first-order chi connectivity index (χ1) is 10.2. The van der Waals surface area contributed by atoms with Gasteiger partial charge in [0.1, 0.15) is 6.54 Å². The third-order valence-corrected chi connectivity index (χ3v) is 3.80. The maximum absolute atomic E-state index is 12.4. The molecule has 1 aliphatic heterocycles. The van der Waals surface area contributed by atoms with Crippen LogP contribution in [0.3, 0.4) is 0 Å². The molecule has 2 unspecified atom stereocenters. The van der Waals surface area contributed by atoms with Gasteiger partial charge in [0.2, 0.25) is 5.91 Å². The number of amides is 1. The Bertz CT molecular complexity index is 570. The highest BCUT2D eigenvalue weighted by atomic mass is 19.4. The van der Waals surface area contributed by atoms with Crippen molar-refractivity contribution in [3.63, 3.8) is 0 Å². The molecule has 1 fully saturated rings. The van der Waals surface area contributed by atoms with Crippen LogP contribution in [0.4, 0.5) is 13.2 Å². The van der Waals surface area contributed by atoms with Crippen molar-refractivity contribution in [3.05, 3.63) is 18.0 Å². The molecule has 2 heterocycles. The molecular weight excluding hydrogens is 303 g/mol. The van der Waals surface area contributed by atoms with Gasteiger partial charge in [-0.05, 0) is 18.4 Å². The zero-order valence-corrected chi connectivity index (χ0v) is 11.9. The third-order valence-electron chi connectivity index (χ3n) is 3.80. The van der Waals surface area contributed by atoms with Crippen molar-refractivity contribution in [2.24, 2.45) is 11.8 Å². The second-order valence-electron chi connectivity index (χ2n) is 5.45. The van der Waals surface area contributed by atoms with E-state index < -0.39 is 23.8 Å². The molecule has 2 atom stereocenters. The van der Waals surface area contributed by atoms with E-state index in [0.717, 1.165) is 16.9 Å². The van der Waals surface area contributed by atoms with E-state index in [2.05, 4.69) is 5.10 Å². The van der Waals surface area contributed by atoms with Crippen LogP contribution in [0.5, 0.6) is 0 Å². The summed E-state index contributed by atoms with van der Waals surface area (Å²) in [7, 11) is 0. The number of alkyl halides is 3. The summed E-state index contributed by atoms with van der Waals surface area (Å²) in [6.45, 7) is 2.02. The summed E-state index contributed by atoms with van der Waals surface area (Å²) in [5, 5.41) is 12.4. The number of halogens is 3. The number of likely N-dealkylation sites (tertiary alicyclic amines) is 1. The van der Waals surface area contributed by atoms with E-state index in [1.165, 1.54) is 4.90 Å². The van der Waals surface area contributed by atoms with Gasteiger partial charge in [-0.15, -0.1) is 0 Å². The Morgan fingerprint density at radius 1 is 1.45 bits per heavy atom. The van der Waals surface area contributed by atoms with Crippen LogP contribution in [0.25, 0.3) is 0 Å². The molecule has 1 aliphatic rings. The molecule has 1 saturated heterocycles. The normalized spacial score (nSPS) is 22.6. The molecule has 0 radical (unpaired) electrons. The van der Waals surface area contributed by atoms with Crippen LogP contribution in [0.15, 0.2) is 12.3 Å². The second-order valence-corrected chi connectivity index (χ2v) is 5.45. The summed E-state index contributed by atoms with van der Waals surface area (Å²) in [5.41, 5.74) is -1.04. The maximum Gasteiger partial charge on any atom is 0.435 e. The topological polar surface area (TPSA) is 75.4 Å². The minimum absolute atomic E-state index is 0.196. The van der Waals surface area contributed by atoms with Crippen molar-refractivity contribution in [1.29, 1.82) is 0 Å². The molecule has 0 saturated carbocycles. The molecule has 22 heavy (non-hydrogen) atoms. The van der Waals surface area contributed by atoms with E-state index in [-0.39, 0.29) is 31.5 Å².